The van der Waals surface area contributed by atoms with Gasteiger partial charge in [0.15, 0.2) is 5.82 Å². The number of hydrogen-bond acceptors (Lipinski definition) is 4. The summed E-state index contributed by atoms with van der Waals surface area (Å²) in [6.45, 7) is 6.09. The van der Waals surface area contributed by atoms with Crippen LogP contribution in [0.15, 0.2) is 18.2 Å². The van der Waals surface area contributed by atoms with Crippen LogP contribution in [-0.4, -0.2) is 17.0 Å². The van der Waals surface area contributed by atoms with Gasteiger partial charge in [0.1, 0.15) is 16.5 Å². The van der Waals surface area contributed by atoms with Crippen LogP contribution < -0.4 is 5.32 Å². The van der Waals surface area contributed by atoms with Crippen molar-refractivity contribution in [1.82, 2.24) is 9.97 Å². The average Bonchev–Trinajstić information content (AvgIpc) is 2.76. The first kappa shape index (κ1) is 13.9. The highest BCUT2D eigenvalue weighted by Gasteiger charge is 2.15. The standard InChI is InChI=1S/C16H16FN3S/c1-8-5-6-11(17)7-12(8)14-19-15(18-4)13-9(2)10(3)21-16(13)20-14/h5-7H,1-4H3,(H,18,19,20). The van der Waals surface area contributed by atoms with Gasteiger partial charge >= 0.3 is 0 Å². The van der Waals surface area contributed by atoms with E-state index >= 15 is 0 Å². The van der Waals surface area contributed by atoms with Gasteiger partial charge in [-0.25, -0.2) is 14.4 Å². The molecular weight excluding hydrogens is 285 g/mol. The van der Waals surface area contributed by atoms with Crippen molar-refractivity contribution in [2.24, 2.45) is 0 Å². The van der Waals surface area contributed by atoms with E-state index in [1.807, 2.05) is 14.0 Å². The molecule has 3 rings (SSSR count). The molecule has 5 heteroatoms. The van der Waals surface area contributed by atoms with Crippen LogP contribution in [0.1, 0.15) is 16.0 Å². The maximum absolute atomic E-state index is 13.5. The lowest BCUT2D eigenvalue weighted by molar-refractivity contribution is 0.628. The fourth-order valence-electron chi connectivity index (χ4n) is 2.39. The third-order valence-electron chi connectivity index (χ3n) is 3.71. The molecule has 1 aromatic carbocycles. The number of nitrogens with zero attached hydrogens (tertiary/aromatic N) is 2. The van der Waals surface area contributed by atoms with Crippen molar-refractivity contribution < 1.29 is 4.39 Å². The third kappa shape index (κ3) is 2.27. The van der Waals surface area contributed by atoms with Crippen LogP contribution >= 0.6 is 11.3 Å². The topological polar surface area (TPSA) is 37.8 Å². The number of halogens is 1. The summed E-state index contributed by atoms with van der Waals surface area (Å²) in [7, 11) is 1.84. The minimum absolute atomic E-state index is 0.274. The van der Waals surface area contributed by atoms with Gasteiger partial charge in [0.2, 0.25) is 0 Å². The van der Waals surface area contributed by atoms with E-state index in [0.29, 0.717) is 5.82 Å². The lowest BCUT2D eigenvalue weighted by Gasteiger charge is -2.08. The van der Waals surface area contributed by atoms with Crippen molar-refractivity contribution in [2.45, 2.75) is 20.8 Å². The second-order valence-electron chi connectivity index (χ2n) is 5.07. The summed E-state index contributed by atoms with van der Waals surface area (Å²) in [5, 5.41) is 4.18. The van der Waals surface area contributed by atoms with Gasteiger partial charge in [-0.2, -0.15) is 0 Å². The van der Waals surface area contributed by atoms with E-state index in [2.05, 4.69) is 29.1 Å². The molecule has 0 fully saturated rings. The summed E-state index contributed by atoms with van der Waals surface area (Å²) in [6.07, 6.45) is 0. The van der Waals surface area contributed by atoms with E-state index in [9.17, 15) is 4.39 Å². The van der Waals surface area contributed by atoms with Crippen LogP contribution in [0.3, 0.4) is 0 Å². The Bertz CT molecular complexity index is 839. The fourth-order valence-corrected chi connectivity index (χ4v) is 3.42. The molecule has 2 aromatic heterocycles. The number of benzene rings is 1. The van der Waals surface area contributed by atoms with Crippen molar-refractivity contribution >= 4 is 27.4 Å². The lowest BCUT2D eigenvalue weighted by Crippen LogP contribution is -1.99. The molecule has 0 saturated carbocycles. The molecule has 2 heterocycles. The Balaban J connectivity index is 2.32. The van der Waals surface area contributed by atoms with Crippen LogP contribution in [0.2, 0.25) is 0 Å². The molecule has 0 saturated heterocycles. The zero-order chi connectivity index (χ0) is 15.1. The number of aromatic nitrogens is 2. The molecule has 0 radical (unpaired) electrons. The maximum atomic E-state index is 13.5. The summed E-state index contributed by atoms with van der Waals surface area (Å²) < 4.78 is 13.5. The molecule has 21 heavy (non-hydrogen) atoms. The predicted octanol–water partition coefficient (Wildman–Crippen LogP) is 4.46. The largest absolute Gasteiger partial charge is 0.372 e. The van der Waals surface area contributed by atoms with Crippen LogP contribution in [0.25, 0.3) is 21.6 Å². The highest BCUT2D eigenvalue weighted by molar-refractivity contribution is 7.18. The van der Waals surface area contributed by atoms with Crippen molar-refractivity contribution in [3.63, 3.8) is 0 Å². The van der Waals surface area contributed by atoms with Crippen LogP contribution in [-0.2, 0) is 0 Å². The summed E-state index contributed by atoms with van der Waals surface area (Å²) in [5.41, 5.74) is 2.89. The second kappa shape index (κ2) is 5.07. The van der Waals surface area contributed by atoms with E-state index in [-0.39, 0.29) is 5.82 Å². The summed E-state index contributed by atoms with van der Waals surface area (Å²) in [4.78, 5) is 11.4. The highest BCUT2D eigenvalue weighted by atomic mass is 32.1. The molecule has 0 amide bonds. The zero-order valence-electron chi connectivity index (χ0n) is 12.4. The monoisotopic (exact) mass is 301 g/mol. The van der Waals surface area contributed by atoms with Gasteiger partial charge in [0.05, 0.1) is 5.39 Å². The van der Waals surface area contributed by atoms with Crippen molar-refractivity contribution in [3.05, 3.63) is 40.0 Å². The van der Waals surface area contributed by atoms with E-state index < -0.39 is 0 Å². The SMILES string of the molecule is CNc1nc(-c2cc(F)ccc2C)nc2sc(C)c(C)c12. The summed E-state index contributed by atoms with van der Waals surface area (Å²) in [5.74, 6) is 1.08. The van der Waals surface area contributed by atoms with E-state index in [0.717, 1.165) is 27.2 Å². The van der Waals surface area contributed by atoms with E-state index in [4.69, 9.17) is 0 Å². The Morgan fingerprint density at radius 1 is 1.14 bits per heavy atom. The Hall–Kier alpha value is -2.01. The van der Waals surface area contributed by atoms with Crippen molar-refractivity contribution in [1.29, 1.82) is 0 Å². The number of thiophene rings is 1. The molecule has 0 aliphatic rings. The molecule has 1 N–H and O–H groups in total. The first-order valence-corrected chi connectivity index (χ1v) is 7.55. The van der Waals surface area contributed by atoms with Gasteiger partial charge in [0, 0.05) is 17.5 Å². The smallest absolute Gasteiger partial charge is 0.163 e. The summed E-state index contributed by atoms with van der Waals surface area (Å²) in [6, 6.07) is 4.70. The Morgan fingerprint density at radius 2 is 1.90 bits per heavy atom. The second-order valence-corrected chi connectivity index (χ2v) is 6.27. The molecule has 0 atom stereocenters. The van der Waals surface area contributed by atoms with Crippen molar-refractivity contribution in [3.8, 4) is 11.4 Å². The van der Waals surface area contributed by atoms with Gasteiger partial charge in [-0.15, -0.1) is 11.3 Å². The van der Waals surface area contributed by atoms with E-state index in [1.54, 1.807) is 17.4 Å². The van der Waals surface area contributed by atoms with Crippen LogP contribution in [0.5, 0.6) is 0 Å². The maximum Gasteiger partial charge on any atom is 0.163 e. The first-order valence-electron chi connectivity index (χ1n) is 6.73. The Kier molecular flexibility index (Phi) is 3.37. The number of rotatable bonds is 2. The molecule has 3 aromatic rings. The van der Waals surface area contributed by atoms with Gasteiger partial charge < -0.3 is 5.32 Å². The van der Waals surface area contributed by atoms with Gasteiger partial charge in [-0.1, -0.05) is 6.07 Å². The van der Waals surface area contributed by atoms with Crippen LogP contribution in [0, 0.1) is 26.6 Å². The molecule has 0 aliphatic carbocycles. The molecule has 0 unspecified atom stereocenters. The highest BCUT2D eigenvalue weighted by Crippen LogP contribution is 2.35. The predicted molar refractivity (Wildman–Crippen MR) is 86.6 cm³/mol. The fraction of sp³-hybridized carbons (Fsp3) is 0.250. The quantitative estimate of drug-likeness (QED) is 0.759. The number of anilines is 1. The third-order valence-corrected chi connectivity index (χ3v) is 4.81. The minimum atomic E-state index is -0.274. The number of fused-ring (bicyclic) bond motifs is 1. The van der Waals surface area contributed by atoms with Gasteiger partial charge in [0.25, 0.3) is 0 Å². The average molecular weight is 301 g/mol. The molecular formula is C16H16FN3S. The molecule has 3 nitrogen and oxygen atoms in total. The Morgan fingerprint density at radius 3 is 2.62 bits per heavy atom. The minimum Gasteiger partial charge on any atom is -0.372 e. The van der Waals surface area contributed by atoms with Crippen LogP contribution in [0.4, 0.5) is 10.2 Å². The normalized spacial score (nSPS) is 11.1. The number of hydrogen-bond donors (Lipinski definition) is 1. The molecule has 0 spiro atoms. The first-order chi connectivity index (χ1) is 10.0. The molecule has 0 bridgehead atoms. The Labute approximate surface area is 126 Å². The van der Waals surface area contributed by atoms with Gasteiger partial charge in [-0.05, 0) is 44.0 Å². The number of nitrogens with one attached hydrogen (secondary N) is 1. The molecule has 0 aliphatic heterocycles. The summed E-state index contributed by atoms with van der Waals surface area (Å²) >= 11 is 1.64. The molecule has 108 valence electrons. The van der Waals surface area contributed by atoms with Gasteiger partial charge in [-0.3, -0.25) is 0 Å². The lowest BCUT2D eigenvalue weighted by atomic mass is 10.1. The van der Waals surface area contributed by atoms with Crippen molar-refractivity contribution in [2.75, 3.05) is 12.4 Å². The van der Waals surface area contributed by atoms with E-state index in [1.165, 1.54) is 22.6 Å². The number of aryl methyl sites for hydroxylation is 3. The zero-order valence-corrected chi connectivity index (χ0v) is 13.2.